The molecule has 2 aromatic rings. The second kappa shape index (κ2) is 7.91. The van der Waals surface area contributed by atoms with E-state index in [2.05, 4.69) is 12.2 Å². The fraction of sp³-hybridized carbons (Fsp3) is 0.294. The van der Waals surface area contributed by atoms with E-state index in [1.54, 1.807) is 12.1 Å². The summed E-state index contributed by atoms with van der Waals surface area (Å²) in [6.45, 7) is 2.55. The summed E-state index contributed by atoms with van der Waals surface area (Å²) in [5.74, 6) is -1.64. The average molecular weight is 344 g/mol. The first kappa shape index (κ1) is 17.2. The van der Waals surface area contributed by atoms with Gasteiger partial charge in [0.2, 0.25) is 0 Å². The fourth-order valence-electron chi connectivity index (χ4n) is 2.12. The van der Waals surface area contributed by atoms with Gasteiger partial charge in [-0.25, -0.2) is 8.78 Å². The van der Waals surface area contributed by atoms with Gasteiger partial charge in [0.1, 0.15) is 0 Å². The zero-order valence-electron chi connectivity index (χ0n) is 12.2. The van der Waals surface area contributed by atoms with E-state index in [1.165, 1.54) is 6.07 Å². The molecule has 1 atom stereocenters. The Morgan fingerprint density at radius 2 is 1.68 bits per heavy atom. The highest BCUT2D eigenvalue weighted by Crippen LogP contribution is 2.23. The summed E-state index contributed by atoms with van der Waals surface area (Å²) in [6.07, 6.45) is 1.77. The van der Waals surface area contributed by atoms with E-state index in [4.69, 9.17) is 23.2 Å². The van der Waals surface area contributed by atoms with Gasteiger partial charge in [0.25, 0.3) is 0 Å². The van der Waals surface area contributed by atoms with Crippen LogP contribution in [0.5, 0.6) is 0 Å². The number of nitrogens with one attached hydrogen (secondary N) is 1. The first-order valence-electron chi connectivity index (χ1n) is 7.07. The van der Waals surface area contributed by atoms with E-state index in [1.807, 2.05) is 12.1 Å². The lowest BCUT2D eigenvalue weighted by molar-refractivity contribution is 0.496. The zero-order chi connectivity index (χ0) is 16.1. The van der Waals surface area contributed by atoms with Crippen LogP contribution in [-0.2, 0) is 13.0 Å². The number of rotatable bonds is 6. The van der Waals surface area contributed by atoms with E-state index >= 15 is 0 Å². The Morgan fingerprint density at radius 1 is 0.955 bits per heavy atom. The van der Waals surface area contributed by atoms with Crippen LogP contribution in [0, 0.1) is 11.6 Å². The second-order valence-corrected chi connectivity index (χ2v) is 6.13. The molecule has 1 N–H and O–H groups in total. The lowest BCUT2D eigenvalue weighted by Gasteiger charge is -2.14. The molecule has 0 saturated heterocycles. The molecule has 0 aliphatic rings. The highest BCUT2D eigenvalue weighted by atomic mass is 35.5. The minimum absolute atomic E-state index is 0.238. The van der Waals surface area contributed by atoms with Crippen molar-refractivity contribution in [1.29, 1.82) is 0 Å². The number of benzene rings is 2. The normalized spacial score (nSPS) is 12.4. The molecule has 0 saturated carbocycles. The third kappa shape index (κ3) is 4.94. The molecule has 1 unspecified atom stereocenters. The Hall–Kier alpha value is -1.16. The van der Waals surface area contributed by atoms with E-state index < -0.39 is 11.6 Å². The van der Waals surface area contributed by atoms with Crippen molar-refractivity contribution >= 4 is 23.2 Å². The first-order valence-corrected chi connectivity index (χ1v) is 7.82. The van der Waals surface area contributed by atoms with E-state index in [0.717, 1.165) is 30.0 Å². The smallest absolute Gasteiger partial charge is 0.159 e. The maximum absolute atomic E-state index is 13.1. The summed E-state index contributed by atoms with van der Waals surface area (Å²) in [5.41, 5.74) is 1.84. The number of hydrogen-bond donors (Lipinski definition) is 1. The molecule has 0 fully saturated rings. The Kier molecular flexibility index (Phi) is 6.18. The Balaban J connectivity index is 1.81. The third-order valence-corrected chi connectivity index (χ3v) is 4.23. The van der Waals surface area contributed by atoms with Gasteiger partial charge in [-0.2, -0.15) is 0 Å². The number of hydrogen-bond acceptors (Lipinski definition) is 1. The first-order chi connectivity index (χ1) is 10.5. The SMILES string of the molecule is CC(CCc1ccc(Cl)c(Cl)c1)NCc1ccc(F)c(F)c1. The predicted octanol–water partition coefficient (Wildman–Crippen LogP) is 5.38. The quantitative estimate of drug-likeness (QED) is 0.742. The molecule has 0 aliphatic carbocycles. The second-order valence-electron chi connectivity index (χ2n) is 5.32. The minimum Gasteiger partial charge on any atom is -0.310 e. The molecule has 0 aromatic heterocycles. The predicted molar refractivity (Wildman–Crippen MR) is 87.4 cm³/mol. The van der Waals surface area contributed by atoms with Crippen molar-refractivity contribution in [2.24, 2.45) is 0 Å². The molecule has 0 radical (unpaired) electrons. The Morgan fingerprint density at radius 3 is 2.36 bits per heavy atom. The highest BCUT2D eigenvalue weighted by molar-refractivity contribution is 6.42. The molecule has 22 heavy (non-hydrogen) atoms. The molecule has 0 spiro atoms. The largest absolute Gasteiger partial charge is 0.310 e. The maximum Gasteiger partial charge on any atom is 0.159 e. The summed E-state index contributed by atoms with van der Waals surface area (Å²) in [5, 5.41) is 4.40. The zero-order valence-corrected chi connectivity index (χ0v) is 13.7. The van der Waals surface area contributed by atoms with E-state index in [9.17, 15) is 8.78 Å². The third-order valence-electron chi connectivity index (χ3n) is 3.49. The van der Waals surface area contributed by atoms with Crippen LogP contribution in [0.15, 0.2) is 36.4 Å². The number of halogens is 4. The van der Waals surface area contributed by atoms with Gasteiger partial charge in [-0.05, 0) is 55.2 Å². The van der Waals surface area contributed by atoms with Crippen LogP contribution in [0.1, 0.15) is 24.5 Å². The molecule has 5 heteroatoms. The fourth-order valence-corrected chi connectivity index (χ4v) is 2.44. The summed E-state index contributed by atoms with van der Waals surface area (Å²) >= 11 is 11.9. The van der Waals surface area contributed by atoms with Crippen molar-refractivity contribution in [2.75, 3.05) is 0 Å². The van der Waals surface area contributed by atoms with Crippen molar-refractivity contribution in [3.8, 4) is 0 Å². The standard InChI is InChI=1S/C17H17Cl2F2N/c1-11(2-3-12-4-6-14(18)15(19)8-12)22-10-13-5-7-16(20)17(21)9-13/h4-9,11,22H,2-3,10H2,1H3. The molecule has 1 nitrogen and oxygen atoms in total. The van der Waals surface area contributed by atoms with Crippen LogP contribution in [0.2, 0.25) is 10.0 Å². The van der Waals surface area contributed by atoms with Gasteiger partial charge < -0.3 is 5.32 Å². The van der Waals surface area contributed by atoms with Crippen LogP contribution in [0.3, 0.4) is 0 Å². The molecule has 2 aromatic carbocycles. The topological polar surface area (TPSA) is 12.0 Å². The van der Waals surface area contributed by atoms with E-state index in [-0.39, 0.29) is 6.04 Å². The lowest BCUT2D eigenvalue weighted by atomic mass is 10.1. The van der Waals surface area contributed by atoms with Crippen LogP contribution in [-0.4, -0.2) is 6.04 Å². The molecular formula is C17H17Cl2F2N. The van der Waals surface area contributed by atoms with Gasteiger partial charge in [-0.3, -0.25) is 0 Å². The summed E-state index contributed by atoms with van der Waals surface area (Å²) in [7, 11) is 0. The molecule has 118 valence electrons. The molecule has 0 heterocycles. The van der Waals surface area contributed by atoms with Gasteiger partial charge in [0.15, 0.2) is 11.6 Å². The molecule has 0 aliphatic heterocycles. The van der Waals surface area contributed by atoms with Crippen molar-refractivity contribution in [1.82, 2.24) is 5.32 Å². The van der Waals surface area contributed by atoms with Gasteiger partial charge in [0, 0.05) is 12.6 Å². The number of aryl methyl sites for hydroxylation is 1. The van der Waals surface area contributed by atoms with Crippen LogP contribution in [0.25, 0.3) is 0 Å². The summed E-state index contributed by atoms with van der Waals surface area (Å²) < 4.78 is 26.0. The van der Waals surface area contributed by atoms with Crippen molar-refractivity contribution in [3.63, 3.8) is 0 Å². The molecule has 0 amide bonds. The monoisotopic (exact) mass is 343 g/mol. The van der Waals surface area contributed by atoms with E-state index in [0.29, 0.717) is 16.6 Å². The average Bonchev–Trinajstić information content (AvgIpc) is 2.49. The van der Waals surface area contributed by atoms with Gasteiger partial charge >= 0.3 is 0 Å². The van der Waals surface area contributed by atoms with Crippen molar-refractivity contribution in [3.05, 3.63) is 69.2 Å². The lowest BCUT2D eigenvalue weighted by Crippen LogP contribution is -2.26. The van der Waals surface area contributed by atoms with Crippen molar-refractivity contribution in [2.45, 2.75) is 32.4 Å². The maximum atomic E-state index is 13.1. The molecule has 0 bridgehead atoms. The Bertz CT molecular complexity index is 591. The molecular weight excluding hydrogens is 327 g/mol. The van der Waals surface area contributed by atoms with Gasteiger partial charge in [-0.15, -0.1) is 0 Å². The van der Waals surface area contributed by atoms with Crippen molar-refractivity contribution < 1.29 is 8.78 Å². The van der Waals surface area contributed by atoms with Gasteiger partial charge in [-0.1, -0.05) is 35.3 Å². The van der Waals surface area contributed by atoms with Crippen LogP contribution in [0.4, 0.5) is 8.78 Å². The summed E-state index contributed by atoms with van der Waals surface area (Å²) in [6, 6.07) is 9.79. The Labute approximate surface area is 139 Å². The molecule has 2 rings (SSSR count). The van der Waals surface area contributed by atoms with Crippen LogP contribution >= 0.6 is 23.2 Å². The highest BCUT2D eigenvalue weighted by Gasteiger charge is 2.06. The van der Waals surface area contributed by atoms with Crippen LogP contribution < -0.4 is 5.32 Å². The minimum atomic E-state index is -0.823. The summed E-state index contributed by atoms with van der Waals surface area (Å²) in [4.78, 5) is 0. The van der Waals surface area contributed by atoms with Gasteiger partial charge in [0.05, 0.1) is 10.0 Å².